The summed E-state index contributed by atoms with van der Waals surface area (Å²) in [6.45, 7) is 6.69. The molecule has 0 radical (unpaired) electrons. The fraction of sp³-hybridized carbons (Fsp3) is 0.692. The number of rotatable bonds is 5. The van der Waals surface area contributed by atoms with Gasteiger partial charge in [-0.3, -0.25) is 0 Å². The van der Waals surface area contributed by atoms with Gasteiger partial charge in [-0.15, -0.1) is 0 Å². The summed E-state index contributed by atoms with van der Waals surface area (Å²) in [5, 5.41) is 13.4. The third kappa shape index (κ3) is 3.54. The molecule has 106 valence electrons. The Bertz CT molecular complexity index is 427. The first kappa shape index (κ1) is 14.0. The number of hydrogen-bond acceptors (Lipinski definition) is 6. The summed E-state index contributed by atoms with van der Waals surface area (Å²) >= 11 is 0. The topological polar surface area (TPSA) is 76.5 Å². The fourth-order valence-corrected chi connectivity index (χ4v) is 1.97. The van der Waals surface area contributed by atoms with Gasteiger partial charge in [-0.05, 0) is 20.8 Å². The zero-order valence-electron chi connectivity index (χ0n) is 11.6. The minimum atomic E-state index is -0.863. The molecule has 0 aromatic carbocycles. The maximum atomic E-state index is 10.4. The summed E-state index contributed by atoms with van der Waals surface area (Å²) in [7, 11) is 0. The van der Waals surface area contributed by atoms with Crippen LogP contribution >= 0.6 is 0 Å². The molecule has 6 nitrogen and oxygen atoms in total. The van der Waals surface area contributed by atoms with Crippen LogP contribution in [0.1, 0.15) is 27.2 Å². The van der Waals surface area contributed by atoms with Crippen LogP contribution in [0.2, 0.25) is 0 Å². The number of nitrogens with zero attached hydrogens (tertiary/aromatic N) is 2. The predicted octanol–water partition coefficient (Wildman–Crippen LogP) is 1.22. The molecule has 1 aliphatic heterocycles. The maximum absolute atomic E-state index is 10.4. The number of nitrogens with one attached hydrogen (secondary N) is 1. The molecule has 6 heteroatoms. The molecule has 0 saturated carbocycles. The molecule has 2 rings (SSSR count). The number of aromatic nitrogens is 2. The fourth-order valence-electron chi connectivity index (χ4n) is 1.97. The van der Waals surface area contributed by atoms with Gasteiger partial charge in [0.2, 0.25) is 11.8 Å². The average Bonchev–Trinajstić information content (AvgIpc) is 2.68. The smallest absolute Gasteiger partial charge is 0.226 e. The Hall–Kier alpha value is -1.40. The molecule has 1 aromatic heterocycles. The predicted molar refractivity (Wildman–Crippen MR) is 71.3 cm³/mol. The Labute approximate surface area is 113 Å². The van der Waals surface area contributed by atoms with Crippen molar-refractivity contribution < 1.29 is 14.6 Å². The zero-order chi connectivity index (χ0) is 13.9. The first-order chi connectivity index (χ1) is 8.99. The van der Waals surface area contributed by atoms with Gasteiger partial charge in [-0.2, -0.15) is 4.98 Å². The Morgan fingerprint density at radius 2 is 2.42 bits per heavy atom. The lowest BCUT2D eigenvalue weighted by atomic mass is 9.97. The van der Waals surface area contributed by atoms with Crippen molar-refractivity contribution in [1.29, 1.82) is 0 Å². The van der Waals surface area contributed by atoms with Crippen LogP contribution in [0.15, 0.2) is 12.3 Å². The van der Waals surface area contributed by atoms with E-state index in [4.69, 9.17) is 9.47 Å². The van der Waals surface area contributed by atoms with Crippen molar-refractivity contribution in [2.24, 2.45) is 0 Å². The second-order valence-electron chi connectivity index (χ2n) is 5.11. The summed E-state index contributed by atoms with van der Waals surface area (Å²) in [4.78, 5) is 8.34. The number of ether oxygens (including phenoxy) is 2. The highest BCUT2D eigenvalue weighted by molar-refractivity contribution is 5.28. The quantitative estimate of drug-likeness (QED) is 0.835. The van der Waals surface area contributed by atoms with Crippen LogP contribution < -0.4 is 10.1 Å². The molecule has 1 fully saturated rings. The zero-order valence-corrected chi connectivity index (χ0v) is 11.6. The van der Waals surface area contributed by atoms with E-state index in [2.05, 4.69) is 15.3 Å². The lowest BCUT2D eigenvalue weighted by molar-refractivity contribution is -0.0177. The van der Waals surface area contributed by atoms with Gasteiger partial charge in [-0.25, -0.2) is 4.98 Å². The molecule has 0 bridgehead atoms. The summed E-state index contributed by atoms with van der Waals surface area (Å²) in [5.74, 6) is 0.973. The Morgan fingerprint density at radius 3 is 3.05 bits per heavy atom. The molecule has 2 atom stereocenters. The van der Waals surface area contributed by atoms with E-state index in [0.717, 1.165) is 0 Å². The molecule has 2 heterocycles. The molecule has 0 spiro atoms. The number of hydrogen-bond donors (Lipinski definition) is 2. The van der Waals surface area contributed by atoms with Gasteiger partial charge in [0.1, 0.15) is 5.60 Å². The van der Waals surface area contributed by atoms with Gasteiger partial charge in [0.25, 0.3) is 0 Å². The third-order valence-corrected chi connectivity index (χ3v) is 3.20. The normalized spacial score (nSPS) is 26.7. The van der Waals surface area contributed by atoms with E-state index in [9.17, 15) is 5.11 Å². The van der Waals surface area contributed by atoms with Gasteiger partial charge in [0, 0.05) is 31.8 Å². The van der Waals surface area contributed by atoms with E-state index in [1.807, 2.05) is 20.8 Å². The molecule has 1 saturated heterocycles. The van der Waals surface area contributed by atoms with Crippen LogP contribution in [0.5, 0.6) is 5.88 Å². The molecule has 2 unspecified atom stereocenters. The van der Waals surface area contributed by atoms with Crippen molar-refractivity contribution in [3.63, 3.8) is 0 Å². The molecule has 19 heavy (non-hydrogen) atoms. The van der Waals surface area contributed by atoms with Crippen molar-refractivity contribution in [3.05, 3.63) is 12.3 Å². The van der Waals surface area contributed by atoms with E-state index in [1.165, 1.54) is 0 Å². The van der Waals surface area contributed by atoms with E-state index < -0.39 is 5.60 Å². The molecule has 2 N–H and O–H groups in total. The van der Waals surface area contributed by atoms with Crippen molar-refractivity contribution in [3.8, 4) is 5.88 Å². The van der Waals surface area contributed by atoms with Crippen molar-refractivity contribution in [2.45, 2.75) is 45.0 Å². The van der Waals surface area contributed by atoms with Crippen LogP contribution in [0, 0.1) is 0 Å². The molecule has 1 aliphatic rings. The summed E-state index contributed by atoms with van der Waals surface area (Å²) in [5.41, 5.74) is -0.863. The average molecular weight is 267 g/mol. The van der Waals surface area contributed by atoms with Crippen LogP contribution in [-0.2, 0) is 4.74 Å². The van der Waals surface area contributed by atoms with Gasteiger partial charge < -0.3 is 19.9 Å². The standard InChI is InChI=1S/C13H21N3O3/c1-9(2)19-11-4-6-14-12(16-11)15-8-13(17)5-7-18-10(13)3/h4,6,9-10,17H,5,7-8H2,1-3H3,(H,14,15,16). The van der Waals surface area contributed by atoms with E-state index >= 15 is 0 Å². The minimum Gasteiger partial charge on any atom is -0.475 e. The lowest BCUT2D eigenvalue weighted by Crippen LogP contribution is -2.43. The van der Waals surface area contributed by atoms with Crippen LogP contribution in [-0.4, -0.2) is 46.0 Å². The molecule has 0 aliphatic carbocycles. The van der Waals surface area contributed by atoms with Crippen molar-refractivity contribution in [1.82, 2.24) is 9.97 Å². The SMILES string of the molecule is CC(C)Oc1ccnc(NCC2(O)CCOC2C)n1. The van der Waals surface area contributed by atoms with E-state index in [-0.39, 0.29) is 12.2 Å². The molecule has 1 aromatic rings. The summed E-state index contributed by atoms with van der Waals surface area (Å²) < 4.78 is 10.9. The largest absolute Gasteiger partial charge is 0.475 e. The van der Waals surface area contributed by atoms with Gasteiger partial charge >= 0.3 is 0 Å². The Morgan fingerprint density at radius 1 is 1.63 bits per heavy atom. The molecule has 0 amide bonds. The number of aliphatic hydroxyl groups is 1. The molecular weight excluding hydrogens is 246 g/mol. The number of anilines is 1. The van der Waals surface area contributed by atoms with Crippen molar-refractivity contribution >= 4 is 5.95 Å². The van der Waals surface area contributed by atoms with E-state index in [0.29, 0.717) is 31.4 Å². The molecular formula is C13H21N3O3. The maximum Gasteiger partial charge on any atom is 0.226 e. The van der Waals surface area contributed by atoms with Crippen LogP contribution in [0.25, 0.3) is 0 Å². The summed E-state index contributed by atoms with van der Waals surface area (Å²) in [6, 6.07) is 1.71. The van der Waals surface area contributed by atoms with Gasteiger partial charge in [-0.1, -0.05) is 0 Å². The highest BCUT2D eigenvalue weighted by Gasteiger charge is 2.39. The monoisotopic (exact) mass is 267 g/mol. The minimum absolute atomic E-state index is 0.0650. The Kier molecular flexibility index (Phi) is 4.21. The van der Waals surface area contributed by atoms with E-state index in [1.54, 1.807) is 12.3 Å². The van der Waals surface area contributed by atoms with Crippen LogP contribution in [0.3, 0.4) is 0 Å². The first-order valence-electron chi connectivity index (χ1n) is 6.57. The highest BCUT2D eigenvalue weighted by atomic mass is 16.5. The highest BCUT2D eigenvalue weighted by Crippen LogP contribution is 2.25. The van der Waals surface area contributed by atoms with Crippen molar-refractivity contribution in [2.75, 3.05) is 18.5 Å². The Balaban J connectivity index is 1.96. The lowest BCUT2D eigenvalue weighted by Gasteiger charge is -2.26. The van der Waals surface area contributed by atoms with Crippen LogP contribution in [0.4, 0.5) is 5.95 Å². The van der Waals surface area contributed by atoms with Gasteiger partial charge in [0.05, 0.1) is 12.2 Å². The third-order valence-electron chi connectivity index (χ3n) is 3.20. The van der Waals surface area contributed by atoms with Gasteiger partial charge in [0.15, 0.2) is 0 Å². The first-order valence-corrected chi connectivity index (χ1v) is 6.57. The second-order valence-corrected chi connectivity index (χ2v) is 5.11. The summed E-state index contributed by atoms with van der Waals surface area (Å²) in [6.07, 6.45) is 2.12. The second kappa shape index (κ2) is 5.71.